The van der Waals surface area contributed by atoms with E-state index in [1.54, 1.807) is 0 Å². The number of ether oxygens (including phenoxy) is 1. The average Bonchev–Trinajstić information content (AvgIpc) is 2.47. The molecule has 74 valence electrons. The van der Waals surface area contributed by atoms with Crippen molar-refractivity contribution in [2.45, 2.75) is 33.8 Å². The molecular formula is C10H18N2O. The van der Waals surface area contributed by atoms with E-state index in [1.165, 1.54) is 11.4 Å². The Kier molecular flexibility index (Phi) is 3.48. The molecule has 3 heteroatoms. The molecule has 0 fully saturated rings. The minimum absolute atomic E-state index is 0.729. The number of hydrogen-bond acceptors (Lipinski definition) is 2. The van der Waals surface area contributed by atoms with E-state index in [2.05, 4.69) is 9.55 Å². The Bertz CT molecular complexity index is 279. The van der Waals surface area contributed by atoms with Gasteiger partial charge in [0.2, 0.25) is 0 Å². The van der Waals surface area contributed by atoms with Gasteiger partial charge in [-0.3, -0.25) is 0 Å². The molecule has 0 saturated heterocycles. The van der Waals surface area contributed by atoms with Crippen LogP contribution in [0.3, 0.4) is 0 Å². The predicted molar refractivity (Wildman–Crippen MR) is 52.7 cm³/mol. The highest BCUT2D eigenvalue weighted by Gasteiger charge is 2.15. The SMILES string of the molecule is CC.Cc1nc2c(n1C)COCC2. The first-order valence-electron chi connectivity index (χ1n) is 4.88. The summed E-state index contributed by atoms with van der Waals surface area (Å²) in [5, 5.41) is 0. The zero-order chi connectivity index (χ0) is 9.84. The highest BCUT2D eigenvalue weighted by molar-refractivity contribution is 5.17. The smallest absolute Gasteiger partial charge is 0.105 e. The topological polar surface area (TPSA) is 27.1 Å². The van der Waals surface area contributed by atoms with Gasteiger partial charge in [-0.15, -0.1) is 0 Å². The molecular weight excluding hydrogens is 164 g/mol. The fourth-order valence-corrected chi connectivity index (χ4v) is 1.44. The average molecular weight is 182 g/mol. The summed E-state index contributed by atoms with van der Waals surface area (Å²) in [6.45, 7) is 7.58. The van der Waals surface area contributed by atoms with E-state index in [4.69, 9.17) is 4.74 Å². The molecule has 1 aliphatic rings. The van der Waals surface area contributed by atoms with Crippen LogP contribution in [0.5, 0.6) is 0 Å². The number of hydrogen-bond donors (Lipinski definition) is 0. The van der Waals surface area contributed by atoms with Crippen LogP contribution in [0.25, 0.3) is 0 Å². The molecule has 0 atom stereocenters. The molecule has 2 heterocycles. The number of imidazole rings is 1. The summed E-state index contributed by atoms with van der Waals surface area (Å²) in [5.41, 5.74) is 2.46. The number of rotatable bonds is 0. The second kappa shape index (κ2) is 4.42. The molecule has 0 bridgehead atoms. The molecule has 3 nitrogen and oxygen atoms in total. The summed E-state index contributed by atoms with van der Waals surface area (Å²) in [5.74, 6) is 1.08. The van der Waals surface area contributed by atoms with Crippen molar-refractivity contribution >= 4 is 0 Å². The fraction of sp³-hybridized carbons (Fsp3) is 0.700. The van der Waals surface area contributed by atoms with Gasteiger partial charge >= 0.3 is 0 Å². The van der Waals surface area contributed by atoms with Crippen molar-refractivity contribution in [2.24, 2.45) is 7.05 Å². The Labute approximate surface area is 79.7 Å². The van der Waals surface area contributed by atoms with Crippen molar-refractivity contribution in [1.82, 2.24) is 9.55 Å². The minimum Gasteiger partial charge on any atom is -0.375 e. The van der Waals surface area contributed by atoms with Crippen LogP contribution in [-0.2, 0) is 24.8 Å². The van der Waals surface area contributed by atoms with E-state index in [9.17, 15) is 0 Å². The Morgan fingerprint density at radius 1 is 1.38 bits per heavy atom. The maximum atomic E-state index is 5.33. The van der Waals surface area contributed by atoms with E-state index in [1.807, 2.05) is 27.8 Å². The summed E-state index contributed by atoms with van der Waals surface area (Å²) in [4.78, 5) is 4.43. The second-order valence-electron chi connectivity index (χ2n) is 2.91. The third kappa shape index (κ3) is 1.91. The van der Waals surface area contributed by atoms with Crippen LogP contribution < -0.4 is 0 Å². The van der Waals surface area contributed by atoms with Gasteiger partial charge in [0.1, 0.15) is 5.82 Å². The van der Waals surface area contributed by atoms with Gasteiger partial charge in [0.15, 0.2) is 0 Å². The number of aromatic nitrogens is 2. The van der Waals surface area contributed by atoms with Gasteiger partial charge in [0.05, 0.1) is 24.6 Å². The van der Waals surface area contributed by atoms with Gasteiger partial charge in [0.25, 0.3) is 0 Å². The van der Waals surface area contributed by atoms with Gasteiger partial charge in [-0.2, -0.15) is 0 Å². The molecule has 0 unspecified atom stereocenters. The predicted octanol–water partition coefficient (Wildman–Crippen LogP) is 1.83. The number of fused-ring (bicyclic) bond motifs is 1. The third-order valence-corrected chi connectivity index (χ3v) is 2.24. The number of nitrogens with zero attached hydrogens (tertiary/aromatic N) is 2. The molecule has 2 rings (SSSR count). The van der Waals surface area contributed by atoms with E-state index in [-0.39, 0.29) is 0 Å². The van der Waals surface area contributed by atoms with Crippen molar-refractivity contribution in [2.75, 3.05) is 6.61 Å². The molecule has 0 amide bonds. The monoisotopic (exact) mass is 182 g/mol. The number of aryl methyl sites for hydroxylation is 1. The van der Waals surface area contributed by atoms with Crippen LogP contribution in [0.15, 0.2) is 0 Å². The summed E-state index contributed by atoms with van der Waals surface area (Å²) in [6.07, 6.45) is 0.969. The highest BCUT2D eigenvalue weighted by Crippen LogP contribution is 2.15. The van der Waals surface area contributed by atoms with Crippen LogP contribution in [0.1, 0.15) is 31.1 Å². The molecule has 1 aliphatic heterocycles. The van der Waals surface area contributed by atoms with Gasteiger partial charge in [0, 0.05) is 13.5 Å². The Balaban J connectivity index is 0.000000396. The second-order valence-corrected chi connectivity index (χ2v) is 2.91. The van der Waals surface area contributed by atoms with Crippen molar-refractivity contribution in [1.29, 1.82) is 0 Å². The third-order valence-electron chi connectivity index (χ3n) is 2.24. The Hall–Kier alpha value is -0.830. The first-order chi connectivity index (χ1) is 6.29. The first kappa shape index (κ1) is 10.3. The van der Waals surface area contributed by atoms with Crippen molar-refractivity contribution in [3.05, 3.63) is 17.2 Å². The lowest BCUT2D eigenvalue weighted by Gasteiger charge is -2.12. The highest BCUT2D eigenvalue weighted by atomic mass is 16.5. The van der Waals surface area contributed by atoms with Crippen LogP contribution in [0.4, 0.5) is 0 Å². The van der Waals surface area contributed by atoms with E-state index < -0.39 is 0 Å². The summed E-state index contributed by atoms with van der Waals surface area (Å²) in [7, 11) is 2.04. The molecule has 13 heavy (non-hydrogen) atoms. The molecule has 0 radical (unpaired) electrons. The molecule has 0 saturated carbocycles. The van der Waals surface area contributed by atoms with Crippen molar-refractivity contribution < 1.29 is 4.74 Å². The maximum absolute atomic E-state index is 5.33. The van der Waals surface area contributed by atoms with E-state index >= 15 is 0 Å². The first-order valence-corrected chi connectivity index (χ1v) is 4.88. The van der Waals surface area contributed by atoms with Crippen LogP contribution in [-0.4, -0.2) is 16.2 Å². The van der Waals surface area contributed by atoms with E-state index in [0.717, 1.165) is 25.5 Å². The van der Waals surface area contributed by atoms with Gasteiger partial charge in [-0.25, -0.2) is 4.98 Å². The zero-order valence-electron chi connectivity index (χ0n) is 8.92. The minimum atomic E-state index is 0.729. The van der Waals surface area contributed by atoms with Crippen LogP contribution in [0.2, 0.25) is 0 Å². The lowest BCUT2D eigenvalue weighted by atomic mass is 10.2. The Morgan fingerprint density at radius 3 is 2.69 bits per heavy atom. The quantitative estimate of drug-likeness (QED) is 0.612. The van der Waals surface area contributed by atoms with Gasteiger partial charge < -0.3 is 9.30 Å². The fourth-order valence-electron chi connectivity index (χ4n) is 1.44. The molecule has 0 aliphatic carbocycles. The van der Waals surface area contributed by atoms with Crippen molar-refractivity contribution in [3.8, 4) is 0 Å². The summed E-state index contributed by atoms with van der Waals surface area (Å²) in [6, 6.07) is 0. The maximum Gasteiger partial charge on any atom is 0.105 e. The van der Waals surface area contributed by atoms with Crippen LogP contribution >= 0.6 is 0 Å². The lowest BCUT2D eigenvalue weighted by molar-refractivity contribution is 0.105. The zero-order valence-corrected chi connectivity index (χ0v) is 8.92. The molecule has 0 aromatic carbocycles. The molecule has 0 N–H and O–H groups in total. The van der Waals surface area contributed by atoms with Crippen LogP contribution in [0, 0.1) is 6.92 Å². The van der Waals surface area contributed by atoms with Gasteiger partial charge in [-0.05, 0) is 6.92 Å². The molecule has 1 aromatic rings. The summed E-state index contributed by atoms with van der Waals surface area (Å²) >= 11 is 0. The standard InChI is InChI=1S/C8H12N2O.C2H6/c1-6-9-7-3-4-11-5-8(7)10(6)2;1-2/h3-5H2,1-2H3;1-2H3. The lowest BCUT2D eigenvalue weighted by Crippen LogP contribution is -2.11. The summed E-state index contributed by atoms with van der Waals surface area (Å²) < 4.78 is 7.43. The van der Waals surface area contributed by atoms with Crippen molar-refractivity contribution in [3.63, 3.8) is 0 Å². The molecule has 1 aromatic heterocycles. The van der Waals surface area contributed by atoms with E-state index in [0.29, 0.717) is 0 Å². The Morgan fingerprint density at radius 2 is 2.08 bits per heavy atom. The molecule has 0 spiro atoms. The normalized spacial score (nSPS) is 14.5. The largest absolute Gasteiger partial charge is 0.375 e. The van der Waals surface area contributed by atoms with Gasteiger partial charge in [-0.1, -0.05) is 13.8 Å².